The number of carbonyl (C=O) groups is 1. The molecule has 0 aliphatic carbocycles. The van der Waals surface area contributed by atoms with Gasteiger partial charge in [0.15, 0.2) is 0 Å². The molecule has 0 saturated heterocycles. The van der Waals surface area contributed by atoms with Gasteiger partial charge in [-0.15, -0.1) is 0 Å². The Hall–Kier alpha value is -1.48. The SMILES string of the molecule is CC=C(Oc1ccccc1Cl)C(=O)OCC. The first kappa shape index (κ1) is 12.6. The van der Waals surface area contributed by atoms with Crippen molar-refractivity contribution in [2.24, 2.45) is 0 Å². The minimum atomic E-state index is -0.495. The molecule has 16 heavy (non-hydrogen) atoms. The molecule has 0 unspecified atom stereocenters. The van der Waals surface area contributed by atoms with E-state index < -0.39 is 5.97 Å². The van der Waals surface area contributed by atoms with Crippen molar-refractivity contribution in [1.29, 1.82) is 0 Å². The third kappa shape index (κ3) is 3.28. The molecule has 0 N–H and O–H groups in total. The lowest BCUT2D eigenvalue weighted by atomic mass is 10.3. The Labute approximate surface area is 99.6 Å². The quantitative estimate of drug-likeness (QED) is 0.461. The van der Waals surface area contributed by atoms with Crippen LogP contribution in [0.5, 0.6) is 5.75 Å². The molecule has 0 aromatic heterocycles. The van der Waals surface area contributed by atoms with Crippen LogP contribution in [0.2, 0.25) is 5.02 Å². The number of halogens is 1. The fraction of sp³-hybridized carbons (Fsp3) is 0.250. The summed E-state index contributed by atoms with van der Waals surface area (Å²) in [5, 5.41) is 0.450. The zero-order valence-corrected chi connectivity index (χ0v) is 9.95. The highest BCUT2D eigenvalue weighted by molar-refractivity contribution is 6.32. The second kappa shape index (κ2) is 6.18. The van der Waals surface area contributed by atoms with Gasteiger partial charge in [-0.25, -0.2) is 4.79 Å². The summed E-state index contributed by atoms with van der Waals surface area (Å²) in [6.45, 7) is 3.74. The van der Waals surface area contributed by atoms with Crippen molar-refractivity contribution in [1.82, 2.24) is 0 Å². The number of carbonyl (C=O) groups excluding carboxylic acids is 1. The first-order chi connectivity index (χ1) is 7.69. The Bertz CT molecular complexity index is 399. The minimum Gasteiger partial charge on any atom is -0.460 e. The van der Waals surface area contributed by atoms with E-state index in [4.69, 9.17) is 21.1 Å². The van der Waals surface area contributed by atoms with E-state index in [1.165, 1.54) is 0 Å². The summed E-state index contributed by atoms with van der Waals surface area (Å²) < 4.78 is 10.2. The van der Waals surface area contributed by atoms with Gasteiger partial charge in [0.2, 0.25) is 5.76 Å². The van der Waals surface area contributed by atoms with E-state index in [9.17, 15) is 4.79 Å². The third-order valence-corrected chi connectivity index (χ3v) is 2.11. The van der Waals surface area contributed by atoms with Crippen LogP contribution in [0.4, 0.5) is 0 Å². The molecule has 0 radical (unpaired) electrons. The van der Waals surface area contributed by atoms with Crippen LogP contribution < -0.4 is 4.74 Å². The fourth-order valence-electron chi connectivity index (χ4n) is 1.07. The first-order valence-corrected chi connectivity index (χ1v) is 5.32. The lowest BCUT2D eigenvalue weighted by molar-refractivity contribution is -0.141. The fourth-order valence-corrected chi connectivity index (χ4v) is 1.24. The summed E-state index contributed by atoms with van der Waals surface area (Å²) in [4.78, 5) is 11.4. The summed E-state index contributed by atoms with van der Waals surface area (Å²) >= 11 is 5.90. The van der Waals surface area contributed by atoms with Crippen LogP contribution in [0.15, 0.2) is 36.1 Å². The number of para-hydroxylation sites is 1. The monoisotopic (exact) mass is 240 g/mol. The molecule has 1 rings (SSSR count). The average Bonchev–Trinajstić information content (AvgIpc) is 2.28. The van der Waals surface area contributed by atoms with Crippen molar-refractivity contribution in [3.63, 3.8) is 0 Å². The van der Waals surface area contributed by atoms with Gasteiger partial charge in [0.1, 0.15) is 5.75 Å². The second-order valence-corrected chi connectivity index (χ2v) is 3.31. The molecule has 0 amide bonds. The third-order valence-electron chi connectivity index (χ3n) is 1.80. The highest BCUT2D eigenvalue weighted by Crippen LogP contribution is 2.25. The van der Waals surface area contributed by atoms with Crippen LogP contribution in [0.1, 0.15) is 13.8 Å². The van der Waals surface area contributed by atoms with E-state index in [1.54, 1.807) is 44.2 Å². The molecule has 1 aromatic carbocycles. The molecular formula is C12H13ClO3. The predicted octanol–water partition coefficient (Wildman–Crippen LogP) is 3.19. The topological polar surface area (TPSA) is 35.5 Å². The standard InChI is InChI=1S/C12H13ClO3/c1-3-10(12(14)15-4-2)16-11-8-6-5-7-9(11)13/h3,5-8H,4H2,1-2H3. The number of allylic oxidation sites excluding steroid dienone is 1. The molecule has 0 fully saturated rings. The second-order valence-electron chi connectivity index (χ2n) is 2.91. The Morgan fingerprint density at radius 3 is 2.69 bits per heavy atom. The molecule has 0 aliphatic rings. The number of hydrogen-bond donors (Lipinski definition) is 0. The first-order valence-electron chi connectivity index (χ1n) is 4.94. The van der Waals surface area contributed by atoms with E-state index in [2.05, 4.69) is 0 Å². The lowest BCUT2D eigenvalue weighted by Gasteiger charge is -2.09. The van der Waals surface area contributed by atoms with Crippen LogP contribution >= 0.6 is 11.6 Å². The largest absolute Gasteiger partial charge is 0.460 e. The molecule has 86 valence electrons. The van der Waals surface area contributed by atoms with E-state index in [0.29, 0.717) is 17.4 Å². The maximum atomic E-state index is 11.4. The van der Waals surface area contributed by atoms with Gasteiger partial charge in [0.25, 0.3) is 0 Å². The van der Waals surface area contributed by atoms with Gasteiger partial charge in [0.05, 0.1) is 11.6 Å². The molecule has 0 bridgehead atoms. The number of ether oxygens (including phenoxy) is 2. The summed E-state index contributed by atoms with van der Waals surface area (Å²) in [7, 11) is 0. The van der Waals surface area contributed by atoms with Gasteiger partial charge in [-0.1, -0.05) is 23.7 Å². The van der Waals surface area contributed by atoms with Crippen LogP contribution in [0.25, 0.3) is 0 Å². The van der Waals surface area contributed by atoms with Crippen molar-refractivity contribution < 1.29 is 14.3 Å². The van der Waals surface area contributed by atoms with Gasteiger partial charge in [-0.2, -0.15) is 0 Å². The van der Waals surface area contributed by atoms with E-state index >= 15 is 0 Å². The van der Waals surface area contributed by atoms with E-state index in [0.717, 1.165) is 0 Å². The molecule has 0 saturated carbocycles. The van der Waals surface area contributed by atoms with Crippen molar-refractivity contribution in [2.75, 3.05) is 6.61 Å². The van der Waals surface area contributed by atoms with Gasteiger partial charge >= 0.3 is 5.97 Å². The Morgan fingerprint density at radius 2 is 2.12 bits per heavy atom. The van der Waals surface area contributed by atoms with Gasteiger partial charge in [-0.05, 0) is 32.1 Å². The van der Waals surface area contributed by atoms with Crippen molar-refractivity contribution in [3.8, 4) is 5.75 Å². The van der Waals surface area contributed by atoms with E-state index in [-0.39, 0.29) is 5.76 Å². The highest BCUT2D eigenvalue weighted by Gasteiger charge is 2.13. The smallest absolute Gasteiger partial charge is 0.373 e. The highest BCUT2D eigenvalue weighted by atomic mass is 35.5. The summed E-state index contributed by atoms with van der Waals surface area (Å²) in [5.41, 5.74) is 0. The molecule has 0 atom stereocenters. The Morgan fingerprint density at radius 1 is 1.44 bits per heavy atom. The zero-order valence-electron chi connectivity index (χ0n) is 9.20. The van der Waals surface area contributed by atoms with Crippen LogP contribution in [-0.4, -0.2) is 12.6 Å². The molecule has 4 heteroatoms. The molecule has 0 aliphatic heterocycles. The summed E-state index contributed by atoms with van der Waals surface area (Å²) in [5.74, 6) is 0.0742. The molecule has 0 heterocycles. The predicted molar refractivity (Wildman–Crippen MR) is 62.5 cm³/mol. The van der Waals surface area contributed by atoms with Crippen LogP contribution in [0.3, 0.4) is 0 Å². The maximum absolute atomic E-state index is 11.4. The van der Waals surface area contributed by atoms with Gasteiger partial charge in [-0.3, -0.25) is 0 Å². The van der Waals surface area contributed by atoms with Crippen molar-refractivity contribution in [3.05, 3.63) is 41.1 Å². The maximum Gasteiger partial charge on any atom is 0.373 e. The summed E-state index contributed by atoms with van der Waals surface area (Å²) in [6, 6.07) is 6.94. The number of benzene rings is 1. The van der Waals surface area contributed by atoms with Gasteiger partial charge in [0, 0.05) is 0 Å². The lowest BCUT2D eigenvalue weighted by Crippen LogP contribution is -2.12. The normalized spacial score (nSPS) is 11.1. The molecular weight excluding hydrogens is 228 g/mol. The molecule has 0 spiro atoms. The summed E-state index contributed by atoms with van der Waals surface area (Å²) in [6.07, 6.45) is 1.54. The molecule has 1 aromatic rings. The zero-order chi connectivity index (χ0) is 12.0. The van der Waals surface area contributed by atoms with Gasteiger partial charge < -0.3 is 9.47 Å². The number of hydrogen-bond acceptors (Lipinski definition) is 3. The van der Waals surface area contributed by atoms with Crippen LogP contribution in [-0.2, 0) is 9.53 Å². The van der Waals surface area contributed by atoms with E-state index in [1.807, 2.05) is 0 Å². The van der Waals surface area contributed by atoms with Crippen molar-refractivity contribution >= 4 is 17.6 Å². The minimum absolute atomic E-state index is 0.134. The number of rotatable bonds is 4. The Kier molecular flexibility index (Phi) is 4.86. The number of esters is 1. The Balaban J connectivity index is 2.79. The van der Waals surface area contributed by atoms with Crippen LogP contribution in [0, 0.1) is 0 Å². The molecule has 3 nitrogen and oxygen atoms in total. The van der Waals surface area contributed by atoms with Crippen molar-refractivity contribution in [2.45, 2.75) is 13.8 Å². The average molecular weight is 241 g/mol.